The van der Waals surface area contributed by atoms with Crippen molar-refractivity contribution < 1.29 is 29.4 Å². The van der Waals surface area contributed by atoms with Crippen LogP contribution in [0.4, 0.5) is 0 Å². The molecule has 3 unspecified atom stereocenters. The van der Waals surface area contributed by atoms with Gasteiger partial charge in [-0.2, -0.15) is 0 Å². The van der Waals surface area contributed by atoms with Gasteiger partial charge in [-0.25, -0.2) is 0 Å². The van der Waals surface area contributed by atoms with Gasteiger partial charge in [-0.1, -0.05) is 97.2 Å². The maximum Gasteiger partial charge on any atom is 0.305 e. The lowest BCUT2D eigenvalue weighted by Gasteiger charge is -2.19. The van der Waals surface area contributed by atoms with Gasteiger partial charge in [-0.3, -0.25) is 19.2 Å². The van der Waals surface area contributed by atoms with E-state index in [9.17, 15) is 24.3 Å². The van der Waals surface area contributed by atoms with Crippen LogP contribution in [0.15, 0.2) is 49.6 Å². The molecule has 7 N–H and O–H groups in total. The summed E-state index contributed by atoms with van der Waals surface area (Å²) < 4.78 is 0. The molecule has 1 aromatic carbocycles. The van der Waals surface area contributed by atoms with Crippen molar-refractivity contribution in [2.24, 2.45) is 23.5 Å². The van der Waals surface area contributed by atoms with Gasteiger partial charge in [0.2, 0.25) is 17.7 Å². The lowest BCUT2D eigenvalue weighted by molar-refractivity contribution is -0.137. The lowest BCUT2D eigenvalue weighted by Crippen LogP contribution is -2.49. The predicted octanol–water partition coefficient (Wildman–Crippen LogP) is 4.14. The minimum atomic E-state index is -0.993. The van der Waals surface area contributed by atoms with Crippen molar-refractivity contribution in [3.8, 4) is 12.8 Å². The molecule has 3 atom stereocenters. The molecule has 3 amide bonds. The fourth-order valence-corrected chi connectivity index (χ4v) is 2.51. The van der Waals surface area contributed by atoms with Gasteiger partial charge in [0, 0.05) is 12.5 Å². The molecule has 0 spiro atoms. The van der Waals surface area contributed by atoms with E-state index in [4.69, 9.17) is 10.8 Å². The largest absolute Gasteiger partial charge is 0.481 e. The Morgan fingerprint density at radius 1 is 0.818 bits per heavy atom. The number of benzene rings is 1. The van der Waals surface area contributed by atoms with E-state index < -0.39 is 35.8 Å². The summed E-state index contributed by atoms with van der Waals surface area (Å²) >= 11 is 0. The molecule has 44 heavy (non-hydrogen) atoms. The van der Waals surface area contributed by atoms with E-state index >= 15 is 0 Å². The Bertz CT molecular complexity index is 828. The zero-order valence-electron chi connectivity index (χ0n) is 27.9. The molecular formula is C34H60N4O6. The summed E-state index contributed by atoms with van der Waals surface area (Å²) in [6.45, 7) is 17.3. The molecule has 0 aliphatic heterocycles. The van der Waals surface area contributed by atoms with Gasteiger partial charge in [0.15, 0.2) is 0 Å². The van der Waals surface area contributed by atoms with E-state index in [1.165, 1.54) is 19.3 Å². The number of nitrogens with two attached hydrogens (primary N) is 1. The van der Waals surface area contributed by atoms with Crippen LogP contribution in [0, 0.1) is 30.6 Å². The zero-order chi connectivity index (χ0) is 34.9. The van der Waals surface area contributed by atoms with Crippen molar-refractivity contribution in [1.82, 2.24) is 16.0 Å². The van der Waals surface area contributed by atoms with Gasteiger partial charge in [0.1, 0.15) is 0 Å². The molecule has 0 aromatic heterocycles. The number of carboxylic acid groups (broad SMARTS) is 1. The second kappa shape index (κ2) is 33.8. The van der Waals surface area contributed by atoms with Gasteiger partial charge in [-0.15, -0.1) is 26.0 Å². The summed E-state index contributed by atoms with van der Waals surface area (Å²) in [6, 6.07) is 10.7. The summed E-state index contributed by atoms with van der Waals surface area (Å²) in [4.78, 5) is 45.8. The van der Waals surface area contributed by atoms with Crippen molar-refractivity contribution in [3.63, 3.8) is 0 Å². The van der Waals surface area contributed by atoms with Crippen LogP contribution in [0.5, 0.6) is 0 Å². The number of aliphatic hydroxyl groups is 1. The van der Waals surface area contributed by atoms with E-state index in [1.807, 2.05) is 36.4 Å². The molecule has 10 nitrogen and oxygen atoms in total. The van der Waals surface area contributed by atoms with E-state index in [1.54, 1.807) is 20.8 Å². The van der Waals surface area contributed by atoms with Gasteiger partial charge < -0.3 is 31.9 Å². The number of hydrogen-bond donors (Lipinski definition) is 6. The van der Waals surface area contributed by atoms with Crippen molar-refractivity contribution >= 4 is 23.7 Å². The molecule has 0 bridgehead atoms. The quantitative estimate of drug-likeness (QED) is 0.142. The van der Waals surface area contributed by atoms with Crippen molar-refractivity contribution in [2.45, 2.75) is 92.2 Å². The van der Waals surface area contributed by atoms with E-state index in [2.05, 4.69) is 62.7 Å². The Hall–Kier alpha value is -3.68. The molecule has 0 heterocycles. The van der Waals surface area contributed by atoms with Crippen molar-refractivity contribution in [3.05, 3.63) is 49.6 Å². The third-order valence-electron chi connectivity index (χ3n) is 5.08. The first kappa shape index (κ1) is 47.3. The number of carbonyl (C=O) groups excluding carboxylic acids is 3. The Kier molecular flexibility index (Phi) is 36.3. The molecule has 0 saturated heterocycles. The number of carboxylic acids is 1. The normalized spacial score (nSPS) is 12.4. The molecule has 1 fully saturated rings. The topological polar surface area (TPSA) is 171 Å². The minimum Gasteiger partial charge on any atom is -0.481 e. The van der Waals surface area contributed by atoms with Crippen LogP contribution in [0.2, 0.25) is 0 Å². The Balaban J connectivity index is -0.000000377. The highest BCUT2D eigenvalue weighted by Gasteiger charge is 2.20. The van der Waals surface area contributed by atoms with Gasteiger partial charge in [0.05, 0.1) is 31.7 Å². The number of hydrogen-bond acceptors (Lipinski definition) is 6. The molecule has 1 saturated carbocycles. The fraction of sp³-hybridized carbons (Fsp3) is 0.588. The van der Waals surface area contributed by atoms with Gasteiger partial charge in [0.25, 0.3) is 0 Å². The van der Waals surface area contributed by atoms with Crippen LogP contribution >= 0.6 is 0 Å². The van der Waals surface area contributed by atoms with Crippen LogP contribution < -0.4 is 21.7 Å². The number of aliphatic hydroxyl groups excluding tert-OH is 1. The van der Waals surface area contributed by atoms with Crippen LogP contribution in [-0.4, -0.2) is 65.7 Å². The summed E-state index contributed by atoms with van der Waals surface area (Å²) in [5.41, 5.74) is 5.68. The molecule has 2 rings (SSSR count). The molecule has 0 radical (unpaired) electrons. The Morgan fingerprint density at radius 2 is 1.25 bits per heavy atom. The Morgan fingerprint density at radius 3 is 1.59 bits per heavy atom. The SMILES string of the molecule is C#C.C1CC1.C=C.CC(C)C.CC(CCC(CO)NC(=O)CNC(=O)C(N)C(C)C)C(=O)NCCC(=O)O.c1ccccc1. The average Bonchev–Trinajstić information content (AvgIpc) is 3.90. The first-order valence-corrected chi connectivity index (χ1v) is 15.1. The first-order valence-electron chi connectivity index (χ1n) is 15.1. The number of aliphatic carboxylic acids is 1. The average molecular weight is 621 g/mol. The number of nitrogens with one attached hydrogen (secondary N) is 3. The maximum atomic E-state index is 11.9. The highest BCUT2D eigenvalue weighted by Crippen LogP contribution is 2.15. The standard InChI is InChI=1S/C17H32N4O6.C6H6.C4H10.C3H6.C2H4.C2H2/c1-10(2)15(18)17(27)20-8-13(23)21-12(9-22)5-4-11(3)16(26)19-7-6-14(24)25;1-2-4-6-5-3-1;1-4(2)3;1-2-3-1;2*1-2/h10-12,15,22H,4-9,18H2,1-3H3,(H,19,26)(H,20,27)(H,21,23)(H,24,25);1-6H;4H,1-3H3;1-3H2;1-2H2;1-2H. The number of amides is 3. The summed E-state index contributed by atoms with van der Waals surface area (Å²) in [5, 5.41) is 25.5. The maximum absolute atomic E-state index is 11.9. The summed E-state index contributed by atoms with van der Waals surface area (Å²) in [5.74, 6) is -1.78. The molecular weight excluding hydrogens is 560 g/mol. The van der Waals surface area contributed by atoms with E-state index in [0.29, 0.717) is 12.8 Å². The summed E-state index contributed by atoms with van der Waals surface area (Å²) in [7, 11) is 0. The van der Waals surface area contributed by atoms with Crippen LogP contribution in [0.1, 0.15) is 80.1 Å². The van der Waals surface area contributed by atoms with Gasteiger partial charge >= 0.3 is 5.97 Å². The van der Waals surface area contributed by atoms with Crippen molar-refractivity contribution in [2.75, 3.05) is 19.7 Å². The molecule has 1 aliphatic carbocycles. The Labute approximate surface area is 266 Å². The molecule has 252 valence electrons. The fourth-order valence-electron chi connectivity index (χ4n) is 2.51. The smallest absolute Gasteiger partial charge is 0.305 e. The lowest BCUT2D eigenvalue weighted by atomic mass is 10.0. The highest BCUT2D eigenvalue weighted by molar-refractivity contribution is 5.87. The molecule has 1 aromatic rings. The van der Waals surface area contributed by atoms with Crippen LogP contribution in [0.3, 0.4) is 0 Å². The second-order valence-corrected chi connectivity index (χ2v) is 10.8. The monoisotopic (exact) mass is 620 g/mol. The van der Waals surface area contributed by atoms with Crippen LogP contribution in [-0.2, 0) is 19.2 Å². The first-order chi connectivity index (χ1) is 20.8. The summed E-state index contributed by atoms with van der Waals surface area (Å²) in [6.07, 6.45) is 13.1. The third kappa shape index (κ3) is 38.3. The number of rotatable bonds is 13. The zero-order valence-corrected chi connectivity index (χ0v) is 27.9. The van der Waals surface area contributed by atoms with E-state index in [0.717, 1.165) is 5.92 Å². The number of carbonyl (C=O) groups is 4. The van der Waals surface area contributed by atoms with Crippen molar-refractivity contribution in [1.29, 1.82) is 0 Å². The minimum absolute atomic E-state index is 0.0525. The second-order valence-electron chi connectivity index (χ2n) is 10.8. The predicted molar refractivity (Wildman–Crippen MR) is 180 cm³/mol. The molecule has 1 aliphatic rings. The molecule has 10 heteroatoms. The third-order valence-corrected chi connectivity index (χ3v) is 5.08. The number of terminal acetylenes is 1. The van der Waals surface area contributed by atoms with E-state index in [-0.39, 0.29) is 37.9 Å². The van der Waals surface area contributed by atoms with Crippen LogP contribution in [0.25, 0.3) is 0 Å². The van der Waals surface area contributed by atoms with Gasteiger partial charge in [-0.05, 0) is 24.7 Å². The highest BCUT2D eigenvalue weighted by atomic mass is 16.4.